The highest BCUT2D eigenvalue weighted by molar-refractivity contribution is 6.01. The van der Waals surface area contributed by atoms with Gasteiger partial charge < -0.3 is 25.1 Å². The highest BCUT2D eigenvalue weighted by Gasteiger charge is 2.25. The second-order valence-electron chi connectivity index (χ2n) is 8.64. The molecule has 1 aliphatic carbocycles. The quantitative estimate of drug-likeness (QED) is 0.623. The third-order valence-electron chi connectivity index (χ3n) is 6.72. The van der Waals surface area contributed by atoms with Gasteiger partial charge in [-0.3, -0.25) is 4.79 Å². The van der Waals surface area contributed by atoms with Crippen molar-refractivity contribution < 1.29 is 14.3 Å². The van der Waals surface area contributed by atoms with E-state index in [1.165, 1.54) is 6.33 Å². The lowest BCUT2D eigenvalue weighted by molar-refractivity contribution is -0.119. The number of nitrogen functional groups attached to an aromatic ring is 1. The lowest BCUT2D eigenvalue weighted by atomic mass is 10.0. The van der Waals surface area contributed by atoms with Crippen molar-refractivity contribution >= 4 is 28.4 Å². The van der Waals surface area contributed by atoms with Gasteiger partial charge in [-0.05, 0) is 43.4 Å². The number of nitrogens with two attached hydrogens (primary N) is 1. The standard InChI is InChI=1S/C24H29N5O3/c1-31-20-12-16(6-7-19(20)28-24(30)15-4-2-3-5-15)18-13-29(17-8-10-32-11-9-17)23-21(18)22(25)26-14-27-23/h6-7,12-15,17H,2-5,8-11H2,1H3,(H,28,30)(H2,25,26,27). The Balaban J connectivity index is 1.52. The summed E-state index contributed by atoms with van der Waals surface area (Å²) in [6, 6.07) is 6.14. The summed E-state index contributed by atoms with van der Waals surface area (Å²) in [5.41, 5.74) is 9.71. The van der Waals surface area contributed by atoms with Crippen LogP contribution in [0.1, 0.15) is 44.6 Å². The first-order valence-electron chi connectivity index (χ1n) is 11.3. The fourth-order valence-electron chi connectivity index (χ4n) is 4.95. The smallest absolute Gasteiger partial charge is 0.227 e. The van der Waals surface area contributed by atoms with Crippen LogP contribution in [0.25, 0.3) is 22.2 Å². The van der Waals surface area contributed by atoms with Gasteiger partial charge in [0.15, 0.2) is 0 Å². The van der Waals surface area contributed by atoms with Crippen LogP contribution in [0.3, 0.4) is 0 Å². The van der Waals surface area contributed by atoms with Gasteiger partial charge in [0, 0.05) is 36.9 Å². The number of fused-ring (bicyclic) bond motifs is 1. The van der Waals surface area contributed by atoms with Gasteiger partial charge in [0.25, 0.3) is 0 Å². The van der Waals surface area contributed by atoms with Gasteiger partial charge in [0.2, 0.25) is 5.91 Å². The number of ether oxygens (including phenoxy) is 2. The lowest BCUT2D eigenvalue weighted by Crippen LogP contribution is -2.20. The van der Waals surface area contributed by atoms with E-state index < -0.39 is 0 Å². The fourth-order valence-corrected chi connectivity index (χ4v) is 4.95. The number of aromatic nitrogens is 3. The molecule has 2 fully saturated rings. The number of carbonyl (C=O) groups is 1. The summed E-state index contributed by atoms with van der Waals surface area (Å²) < 4.78 is 13.4. The van der Waals surface area contributed by atoms with Crippen molar-refractivity contribution in [2.75, 3.05) is 31.4 Å². The van der Waals surface area contributed by atoms with Crippen molar-refractivity contribution in [1.82, 2.24) is 14.5 Å². The number of hydrogen-bond donors (Lipinski definition) is 2. The van der Waals surface area contributed by atoms with Gasteiger partial charge in [0.05, 0.1) is 18.2 Å². The van der Waals surface area contributed by atoms with Crippen LogP contribution in [-0.4, -0.2) is 40.8 Å². The van der Waals surface area contributed by atoms with Crippen LogP contribution in [0.2, 0.25) is 0 Å². The molecule has 2 aromatic heterocycles. The number of amides is 1. The number of hydrogen-bond acceptors (Lipinski definition) is 6. The molecular weight excluding hydrogens is 406 g/mol. The van der Waals surface area contributed by atoms with E-state index in [1.807, 2.05) is 18.2 Å². The molecule has 1 saturated heterocycles. The molecule has 32 heavy (non-hydrogen) atoms. The summed E-state index contributed by atoms with van der Waals surface area (Å²) >= 11 is 0. The summed E-state index contributed by atoms with van der Waals surface area (Å²) in [5, 5.41) is 3.89. The van der Waals surface area contributed by atoms with E-state index >= 15 is 0 Å². The highest BCUT2D eigenvalue weighted by Crippen LogP contribution is 2.39. The van der Waals surface area contributed by atoms with E-state index in [9.17, 15) is 4.79 Å². The molecule has 5 rings (SSSR count). The van der Waals surface area contributed by atoms with Crippen LogP contribution in [-0.2, 0) is 9.53 Å². The molecule has 8 heteroatoms. The maximum absolute atomic E-state index is 12.6. The molecule has 0 bridgehead atoms. The second-order valence-corrected chi connectivity index (χ2v) is 8.64. The molecular formula is C24H29N5O3. The second kappa shape index (κ2) is 8.78. The third kappa shape index (κ3) is 3.79. The van der Waals surface area contributed by atoms with Gasteiger partial charge in [0.1, 0.15) is 23.5 Å². The first-order chi connectivity index (χ1) is 15.7. The van der Waals surface area contributed by atoms with E-state index in [1.54, 1.807) is 7.11 Å². The number of anilines is 2. The van der Waals surface area contributed by atoms with E-state index in [2.05, 4.69) is 26.0 Å². The lowest BCUT2D eigenvalue weighted by Gasteiger charge is -2.24. The first kappa shape index (κ1) is 20.8. The number of nitrogens with zero attached hydrogens (tertiary/aromatic N) is 3. The van der Waals surface area contributed by atoms with Crippen LogP contribution < -0.4 is 15.8 Å². The highest BCUT2D eigenvalue weighted by atomic mass is 16.5. The predicted octanol–water partition coefficient (Wildman–Crippen LogP) is 4.17. The molecule has 168 valence electrons. The minimum atomic E-state index is 0.0716. The monoisotopic (exact) mass is 435 g/mol. The van der Waals surface area contributed by atoms with Crippen molar-refractivity contribution in [1.29, 1.82) is 0 Å². The summed E-state index contributed by atoms with van der Waals surface area (Å²) in [6.07, 6.45) is 9.64. The van der Waals surface area contributed by atoms with Crippen molar-refractivity contribution in [2.24, 2.45) is 5.92 Å². The van der Waals surface area contributed by atoms with Crippen molar-refractivity contribution in [3.05, 3.63) is 30.7 Å². The Morgan fingerprint density at radius 1 is 1.19 bits per heavy atom. The molecule has 1 aromatic carbocycles. The minimum Gasteiger partial charge on any atom is -0.495 e. The van der Waals surface area contributed by atoms with Gasteiger partial charge >= 0.3 is 0 Å². The van der Waals surface area contributed by atoms with Crippen LogP contribution in [0.4, 0.5) is 11.5 Å². The van der Waals surface area contributed by atoms with Crippen molar-refractivity contribution in [2.45, 2.75) is 44.6 Å². The zero-order valence-corrected chi connectivity index (χ0v) is 18.3. The summed E-state index contributed by atoms with van der Waals surface area (Å²) in [7, 11) is 1.62. The topological polar surface area (TPSA) is 104 Å². The van der Waals surface area contributed by atoms with Gasteiger partial charge in [-0.2, -0.15) is 0 Å². The van der Waals surface area contributed by atoms with Crippen LogP contribution in [0.5, 0.6) is 5.75 Å². The molecule has 0 atom stereocenters. The van der Waals surface area contributed by atoms with Crippen LogP contribution in [0, 0.1) is 5.92 Å². The molecule has 3 N–H and O–H groups in total. The minimum absolute atomic E-state index is 0.0716. The Labute approximate surface area is 187 Å². The molecule has 0 spiro atoms. The van der Waals surface area contributed by atoms with E-state index in [0.29, 0.717) is 23.3 Å². The third-order valence-corrected chi connectivity index (χ3v) is 6.72. The molecule has 0 radical (unpaired) electrons. The largest absolute Gasteiger partial charge is 0.495 e. The molecule has 0 unspecified atom stereocenters. The Hall–Kier alpha value is -3.13. The number of nitrogens with one attached hydrogen (secondary N) is 1. The zero-order valence-electron chi connectivity index (χ0n) is 18.3. The maximum Gasteiger partial charge on any atom is 0.227 e. The van der Waals surface area contributed by atoms with Gasteiger partial charge in [-0.15, -0.1) is 0 Å². The Morgan fingerprint density at radius 3 is 2.72 bits per heavy atom. The van der Waals surface area contributed by atoms with E-state index in [-0.39, 0.29) is 11.8 Å². The van der Waals surface area contributed by atoms with Gasteiger partial charge in [-0.25, -0.2) is 9.97 Å². The number of rotatable bonds is 5. The molecule has 1 amide bonds. The number of methoxy groups -OCH3 is 1. The summed E-state index contributed by atoms with van der Waals surface area (Å²) in [6.45, 7) is 1.48. The summed E-state index contributed by atoms with van der Waals surface area (Å²) in [4.78, 5) is 21.4. The fraction of sp³-hybridized carbons (Fsp3) is 0.458. The van der Waals surface area contributed by atoms with Crippen molar-refractivity contribution in [3.63, 3.8) is 0 Å². The number of benzene rings is 1. The molecule has 8 nitrogen and oxygen atoms in total. The molecule has 2 aliphatic rings. The average molecular weight is 436 g/mol. The summed E-state index contributed by atoms with van der Waals surface area (Å²) in [5.74, 6) is 1.24. The molecule has 1 aliphatic heterocycles. The zero-order chi connectivity index (χ0) is 22.1. The van der Waals surface area contributed by atoms with E-state index in [0.717, 1.165) is 73.9 Å². The van der Waals surface area contributed by atoms with E-state index in [4.69, 9.17) is 15.2 Å². The Kier molecular flexibility index (Phi) is 5.70. The predicted molar refractivity (Wildman–Crippen MR) is 124 cm³/mol. The molecule has 3 aromatic rings. The van der Waals surface area contributed by atoms with Crippen molar-refractivity contribution in [3.8, 4) is 16.9 Å². The maximum atomic E-state index is 12.6. The molecule has 3 heterocycles. The first-order valence-corrected chi connectivity index (χ1v) is 11.3. The average Bonchev–Trinajstić information content (AvgIpc) is 3.49. The Morgan fingerprint density at radius 2 is 1.97 bits per heavy atom. The Bertz CT molecular complexity index is 1130. The SMILES string of the molecule is COc1cc(-c2cn(C3CCOCC3)c3ncnc(N)c23)ccc1NC(=O)C1CCCC1. The number of carbonyl (C=O) groups excluding carboxylic acids is 1. The van der Waals surface area contributed by atoms with Crippen LogP contribution in [0.15, 0.2) is 30.7 Å². The normalized spacial score (nSPS) is 17.7. The molecule has 1 saturated carbocycles. The van der Waals surface area contributed by atoms with Gasteiger partial charge in [-0.1, -0.05) is 18.9 Å². The van der Waals surface area contributed by atoms with Crippen LogP contribution >= 0.6 is 0 Å².